The summed E-state index contributed by atoms with van der Waals surface area (Å²) < 4.78 is 16.4. The van der Waals surface area contributed by atoms with Gasteiger partial charge in [-0.25, -0.2) is 9.59 Å². The zero-order chi connectivity index (χ0) is 24.6. The van der Waals surface area contributed by atoms with Crippen LogP contribution in [0.2, 0.25) is 0 Å². The molecule has 0 saturated carbocycles. The third kappa shape index (κ3) is 7.37. The maximum Gasteiger partial charge on any atom is 0.408 e. The first-order valence-corrected chi connectivity index (χ1v) is 11.2. The van der Waals surface area contributed by atoms with E-state index in [1.54, 1.807) is 27.9 Å². The molecule has 1 N–H and O–H groups in total. The van der Waals surface area contributed by atoms with Crippen LogP contribution in [0.25, 0.3) is 11.1 Å². The van der Waals surface area contributed by atoms with Crippen LogP contribution in [0.4, 0.5) is 4.79 Å². The quantitative estimate of drug-likeness (QED) is 0.446. The van der Waals surface area contributed by atoms with Gasteiger partial charge < -0.3 is 19.5 Å². The average molecular weight is 462 g/mol. The summed E-state index contributed by atoms with van der Waals surface area (Å²) in [5.41, 5.74) is 2.90. The summed E-state index contributed by atoms with van der Waals surface area (Å²) in [6.07, 6.45) is -0.442. The van der Waals surface area contributed by atoms with Gasteiger partial charge in [-0.1, -0.05) is 66.7 Å². The van der Waals surface area contributed by atoms with Gasteiger partial charge in [0.2, 0.25) is 0 Å². The van der Waals surface area contributed by atoms with Crippen LogP contribution in [-0.4, -0.2) is 30.8 Å². The summed E-state index contributed by atoms with van der Waals surface area (Å²) in [6, 6.07) is 24.0. The van der Waals surface area contributed by atoms with Crippen molar-refractivity contribution in [3.63, 3.8) is 0 Å². The van der Waals surface area contributed by atoms with Crippen molar-refractivity contribution in [3.05, 3.63) is 90.0 Å². The maximum atomic E-state index is 13.0. The summed E-state index contributed by atoms with van der Waals surface area (Å²) in [7, 11) is 1.62. The molecule has 34 heavy (non-hydrogen) atoms. The number of carbonyl (C=O) groups is 2. The van der Waals surface area contributed by atoms with Crippen molar-refractivity contribution >= 4 is 12.1 Å². The number of ether oxygens (including phenoxy) is 3. The molecule has 0 aromatic heterocycles. The summed E-state index contributed by atoms with van der Waals surface area (Å²) in [4.78, 5) is 25.4. The number of nitrogens with one attached hydrogen (secondary N) is 1. The SMILES string of the molecule is COc1ccc(C[C@H](NC(=O)OC(C)(C)C)C(=O)OCc2ccccc2)cc1-c1ccccc1. The van der Waals surface area contributed by atoms with E-state index in [1.165, 1.54) is 0 Å². The van der Waals surface area contributed by atoms with Gasteiger partial charge in [-0.15, -0.1) is 0 Å². The summed E-state index contributed by atoms with van der Waals surface area (Å²) >= 11 is 0. The maximum absolute atomic E-state index is 13.0. The number of benzene rings is 3. The summed E-state index contributed by atoms with van der Waals surface area (Å²) in [5, 5.41) is 2.68. The van der Waals surface area contributed by atoms with Gasteiger partial charge in [-0.2, -0.15) is 0 Å². The van der Waals surface area contributed by atoms with Gasteiger partial charge >= 0.3 is 12.1 Å². The van der Waals surface area contributed by atoms with E-state index in [0.29, 0.717) is 0 Å². The zero-order valence-electron chi connectivity index (χ0n) is 20.0. The van der Waals surface area contributed by atoms with Crippen LogP contribution in [0.3, 0.4) is 0 Å². The minimum Gasteiger partial charge on any atom is -0.496 e. The highest BCUT2D eigenvalue weighted by atomic mass is 16.6. The zero-order valence-corrected chi connectivity index (χ0v) is 20.0. The third-order valence-corrected chi connectivity index (χ3v) is 4.99. The number of rotatable bonds is 8. The molecule has 0 fully saturated rings. The van der Waals surface area contributed by atoms with Crippen molar-refractivity contribution in [2.24, 2.45) is 0 Å². The molecule has 6 heteroatoms. The topological polar surface area (TPSA) is 73.9 Å². The largest absolute Gasteiger partial charge is 0.496 e. The first-order valence-electron chi connectivity index (χ1n) is 11.2. The minimum atomic E-state index is -0.921. The Morgan fingerprint density at radius 3 is 2.15 bits per heavy atom. The van der Waals surface area contributed by atoms with Gasteiger partial charge in [0.15, 0.2) is 0 Å². The molecule has 0 unspecified atom stereocenters. The van der Waals surface area contributed by atoms with Crippen LogP contribution >= 0.6 is 0 Å². The van der Waals surface area contributed by atoms with E-state index >= 15 is 0 Å². The molecule has 0 radical (unpaired) electrons. The Bertz CT molecular complexity index is 1090. The molecular formula is C28H31NO5. The van der Waals surface area contributed by atoms with Gasteiger partial charge in [0.25, 0.3) is 0 Å². The first-order chi connectivity index (χ1) is 16.2. The minimum absolute atomic E-state index is 0.115. The highest BCUT2D eigenvalue weighted by Gasteiger charge is 2.26. The fraction of sp³-hybridized carbons (Fsp3) is 0.286. The Morgan fingerprint density at radius 2 is 1.53 bits per heavy atom. The third-order valence-electron chi connectivity index (χ3n) is 4.99. The van der Waals surface area contributed by atoms with Crippen LogP contribution in [0.5, 0.6) is 5.75 Å². The molecule has 0 aliphatic rings. The summed E-state index contributed by atoms with van der Waals surface area (Å²) in [6.45, 7) is 5.42. The van der Waals surface area contributed by atoms with Crippen molar-refractivity contribution < 1.29 is 23.8 Å². The van der Waals surface area contributed by atoms with Crippen molar-refractivity contribution in [1.82, 2.24) is 5.32 Å². The molecule has 0 spiro atoms. The van der Waals surface area contributed by atoms with E-state index in [1.807, 2.05) is 78.9 Å². The van der Waals surface area contributed by atoms with Gasteiger partial charge in [-0.3, -0.25) is 0 Å². The molecule has 178 valence electrons. The van der Waals surface area contributed by atoms with Gasteiger partial charge in [0.05, 0.1) is 7.11 Å². The number of hydrogen-bond donors (Lipinski definition) is 1. The Hall–Kier alpha value is -3.80. The lowest BCUT2D eigenvalue weighted by molar-refractivity contribution is -0.147. The Morgan fingerprint density at radius 1 is 0.882 bits per heavy atom. The Labute approximate surface area is 200 Å². The predicted octanol–water partition coefficient (Wildman–Crippen LogP) is 5.54. The predicted molar refractivity (Wildman–Crippen MR) is 132 cm³/mol. The van der Waals surface area contributed by atoms with Crippen LogP contribution in [0, 0.1) is 0 Å². The lowest BCUT2D eigenvalue weighted by atomic mass is 9.98. The lowest BCUT2D eigenvalue weighted by Gasteiger charge is -2.23. The second kappa shape index (κ2) is 11.4. The van der Waals surface area contributed by atoms with Crippen molar-refractivity contribution in [2.75, 3.05) is 7.11 Å². The highest BCUT2D eigenvalue weighted by Crippen LogP contribution is 2.31. The van der Waals surface area contributed by atoms with Crippen LogP contribution < -0.4 is 10.1 Å². The van der Waals surface area contributed by atoms with Crippen molar-refractivity contribution in [1.29, 1.82) is 0 Å². The van der Waals surface area contributed by atoms with Crippen molar-refractivity contribution in [2.45, 2.75) is 45.4 Å². The Balaban J connectivity index is 1.82. The van der Waals surface area contributed by atoms with Crippen LogP contribution in [0.15, 0.2) is 78.9 Å². The monoisotopic (exact) mass is 461 g/mol. The van der Waals surface area contributed by atoms with E-state index in [4.69, 9.17) is 14.2 Å². The molecule has 0 bridgehead atoms. The molecule has 0 aliphatic carbocycles. The molecule has 3 aromatic carbocycles. The Kier molecular flexibility index (Phi) is 8.30. The van der Waals surface area contributed by atoms with E-state index < -0.39 is 23.7 Å². The number of amides is 1. The van der Waals surface area contributed by atoms with Crippen molar-refractivity contribution in [3.8, 4) is 16.9 Å². The molecule has 0 aliphatic heterocycles. The molecule has 0 saturated heterocycles. The van der Waals surface area contributed by atoms with Gasteiger partial charge in [0.1, 0.15) is 24.0 Å². The van der Waals surface area contributed by atoms with E-state index in [-0.39, 0.29) is 13.0 Å². The normalized spacial score (nSPS) is 11.9. The first kappa shape index (κ1) is 24.8. The number of carbonyl (C=O) groups excluding carboxylic acids is 2. The molecule has 1 amide bonds. The van der Waals surface area contributed by atoms with E-state index in [9.17, 15) is 9.59 Å². The standard InChI is InChI=1S/C28H31NO5/c1-28(2,3)34-27(31)29-24(26(30)33-19-20-11-7-5-8-12-20)18-21-15-16-25(32-4)23(17-21)22-13-9-6-10-14-22/h5-17,24H,18-19H2,1-4H3,(H,29,31)/t24-/m0/s1. The summed E-state index contributed by atoms with van der Waals surface area (Å²) in [5.74, 6) is 0.185. The fourth-order valence-electron chi connectivity index (χ4n) is 3.43. The van der Waals surface area contributed by atoms with Gasteiger partial charge in [0, 0.05) is 12.0 Å². The smallest absolute Gasteiger partial charge is 0.408 e. The number of hydrogen-bond acceptors (Lipinski definition) is 5. The second-order valence-corrected chi connectivity index (χ2v) is 8.90. The highest BCUT2D eigenvalue weighted by molar-refractivity contribution is 5.82. The number of alkyl carbamates (subject to hydrolysis) is 1. The molecule has 1 atom stereocenters. The molecular weight excluding hydrogens is 430 g/mol. The van der Waals surface area contributed by atoms with Gasteiger partial charge in [-0.05, 0) is 49.6 Å². The van der Waals surface area contributed by atoms with E-state index in [0.717, 1.165) is 28.0 Å². The van der Waals surface area contributed by atoms with E-state index in [2.05, 4.69) is 5.32 Å². The molecule has 3 aromatic rings. The van der Waals surface area contributed by atoms with Crippen LogP contribution in [-0.2, 0) is 27.3 Å². The van der Waals surface area contributed by atoms with Crippen LogP contribution in [0.1, 0.15) is 31.9 Å². The number of esters is 1. The average Bonchev–Trinajstić information content (AvgIpc) is 2.82. The second-order valence-electron chi connectivity index (χ2n) is 8.90. The lowest BCUT2D eigenvalue weighted by Crippen LogP contribution is -2.45. The molecule has 3 rings (SSSR count). The molecule has 6 nitrogen and oxygen atoms in total. The number of methoxy groups -OCH3 is 1. The fourth-order valence-corrected chi connectivity index (χ4v) is 3.43. The molecule has 0 heterocycles.